The molecule has 0 aliphatic carbocycles. The van der Waals surface area contributed by atoms with Crippen LogP contribution in [0.1, 0.15) is 39.1 Å². The van der Waals surface area contributed by atoms with Crippen molar-refractivity contribution in [2.24, 2.45) is 0 Å². The summed E-state index contributed by atoms with van der Waals surface area (Å²) in [5, 5.41) is 5.82. The van der Waals surface area contributed by atoms with E-state index in [2.05, 4.69) is 27.7 Å². The molecule has 0 unspecified atom stereocenters. The van der Waals surface area contributed by atoms with Crippen LogP contribution >= 0.6 is 0 Å². The SMILES string of the molecule is CN(C)CCCNC(=O)c1cccc(C(=O)NCCCc2ccccc2)c1. The van der Waals surface area contributed by atoms with Crippen LogP contribution in [0, 0.1) is 0 Å². The van der Waals surface area contributed by atoms with Gasteiger partial charge in [0.1, 0.15) is 0 Å². The van der Waals surface area contributed by atoms with Crippen LogP contribution in [0.5, 0.6) is 0 Å². The Hall–Kier alpha value is -2.66. The van der Waals surface area contributed by atoms with Gasteiger partial charge in [0, 0.05) is 24.2 Å². The normalized spacial score (nSPS) is 10.6. The maximum atomic E-state index is 12.3. The molecule has 0 bridgehead atoms. The molecule has 2 aromatic carbocycles. The fourth-order valence-corrected chi connectivity index (χ4v) is 2.74. The number of carbonyl (C=O) groups excluding carboxylic acids is 2. The molecule has 0 aromatic heterocycles. The molecule has 0 atom stereocenters. The third kappa shape index (κ3) is 7.62. The van der Waals surface area contributed by atoms with Crippen molar-refractivity contribution < 1.29 is 9.59 Å². The fraction of sp³-hybridized carbons (Fsp3) is 0.364. The predicted molar refractivity (Wildman–Crippen MR) is 109 cm³/mol. The second-order valence-corrected chi connectivity index (χ2v) is 6.84. The van der Waals surface area contributed by atoms with Crippen LogP contribution < -0.4 is 10.6 Å². The van der Waals surface area contributed by atoms with E-state index >= 15 is 0 Å². The van der Waals surface area contributed by atoms with E-state index in [1.54, 1.807) is 24.3 Å². The van der Waals surface area contributed by atoms with Crippen LogP contribution in [0.3, 0.4) is 0 Å². The zero-order chi connectivity index (χ0) is 19.5. The zero-order valence-electron chi connectivity index (χ0n) is 16.2. The van der Waals surface area contributed by atoms with Gasteiger partial charge in [-0.25, -0.2) is 0 Å². The van der Waals surface area contributed by atoms with Gasteiger partial charge in [-0.15, -0.1) is 0 Å². The summed E-state index contributed by atoms with van der Waals surface area (Å²) in [6, 6.07) is 17.1. The van der Waals surface area contributed by atoms with Gasteiger partial charge in [0.25, 0.3) is 11.8 Å². The smallest absolute Gasteiger partial charge is 0.251 e. The van der Waals surface area contributed by atoms with Crippen LogP contribution in [0.2, 0.25) is 0 Å². The third-order valence-corrected chi connectivity index (χ3v) is 4.23. The summed E-state index contributed by atoms with van der Waals surface area (Å²) in [6.07, 6.45) is 2.69. The average Bonchev–Trinajstić information content (AvgIpc) is 2.69. The summed E-state index contributed by atoms with van der Waals surface area (Å²) < 4.78 is 0. The van der Waals surface area contributed by atoms with Gasteiger partial charge in [0.15, 0.2) is 0 Å². The fourth-order valence-electron chi connectivity index (χ4n) is 2.74. The van der Waals surface area contributed by atoms with Crippen molar-refractivity contribution in [3.63, 3.8) is 0 Å². The first-order valence-corrected chi connectivity index (χ1v) is 9.41. The van der Waals surface area contributed by atoms with Crippen LogP contribution in [-0.2, 0) is 6.42 Å². The lowest BCUT2D eigenvalue weighted by atomic mass is 10.1. The predicted octanol–water partition coefficient (Wildman–Crippen LogP) is 2.73. The van der Waals surface area contributed by atoms with Gasteiger partial charge in [0.05, 0.1) is 0 Å². The van der Waals surface area contributed by atoms with Crippen LogP contribution in [0.15, 0.2) is 54.6 Å². The highest BCUT2D eigenvalue weighted by Crippen LogP contribution is 2.06. The number of aryl methyl sites for hydroxylation is 1. The molecule has 0 heterocycles. The molecule has 0 saturated carbocycles. The van der Waals surface area contributed by atoms with Crippen LogP contribution in [-0.4, -0.2) is 50.4 Å². The van der Waals surface area contributed by atoms with Crippen LogP contribution in [0.4, 0.5) is 0 Å². The Labute approximate surface area is 161 Å². The minimum atomic E-state index is -0.148. The molecule has 144 valence electrons. The number of hydrogen-bond donors (Lipinski definition) is 2. The topological polar surface area (TPSA) is 61.4 Å². The third-order valence-electron chi connectivity index (χ3n) is 4.23. The minimum absolute atomic E-state index is 0.146. The lowest BCUT2D eigenvalue weighted by Gasteiger charge is -2.10. The Kier molecular flexibility index (Phi) is 8.52. The molecule has 2 rings (SSSR count). The summed E-state index contributed by atoms with van der Waals surface area (Å²) in [4.78, 5) is 26.6. The maximum Gasteiger partial charge on any atom is 0.251 e. The van der Waals surface area contributed by atoms with E-state index < -0.39 is 0 Å². The highest BCUT2D eigenvalue weighted by Gasteiger charge is 2.10. The summed E-state index contributed by atoms with van der Waals surface area (Å²) in [5.74, 6) is -0.294. The van der Waals surface area contributed by atoms with Gasteiger partial charge in [-0.2, -0.15) is 0 Å². The highest BCUT2D eigenvalue weighted by molar-refractivity contribution is 5.99. The molecule has 0 saturated heterocycles. The average molecular weight is 367 g/mol. The summed E-state index contributed by atoms with van der Waals surface area (Å²) >= 11 is 0. The summed E-state index contributed by atoms with van der Waals surface area (Å²) in [6.45, 7) is 2.15. The van der Waals surface area contributed by atoms with Gasteiger partial charge >= 0.3 is 0 Å². The first-order valence-electron chi connectivity index (χ1n) is 9.41. The van der Waals surface area contributed by atoms with E-state index in [1.165, 1.54) is 5.56 Å². The number of amides is 2. The number of hydrogen-bond acceptors (Lipinski definition) is 3. The van der Waals surface area contributed by atoms with E-state index in [0.29, 0.717) is 24.2 Å². The lowest BCUT2D eigenvalue weighted by molar-refractivity contribution is 0.0952. The second-order valence-electron chi connectivity index (χ2n) is 6.84. The molecule has 2 N–H and O–H groups in total. The largest absolute Gasteiger partial charge is 0.352 e. The molecular weight excluding hydrogens is 338 g/mol. The van der Waals surface area contributed by atoms with Crippen molar-refractivity contribution in [1.29, 1.82) is 0 Å². The van der Waals surface area contributed by atoms with Gasteiger partial charge in [0.2, 0.25) is 0 Å². The zero-order valence-corrected chi connectivity index (χ0v) is 16.2. The number of rotatable bonds is 10. The van der Waals surface area contributed by atoms with E-state index in [1.807, 2.05) is 32.3 Å². The van der Waals surface area contributed by atoms with E-state index in [-0.39, 0.29) is 11.8 Å². The van der Waals surface area contributed by atoms with Crippen molar-refractivity contribution in [3.8, 4) is 0 Å². The second kappa shape index (κ2) is 11.1. The van der Waals surface area contributed by atoms with Crippen molar-refractivity contribution >= 4 is 11.8 Å². The number of nitrogens with one attached hydrogen (secondary N) is 2. The minimum Gasteiger partial charge on any atom is -0.352 e. The van der Waals surface area contributed by atoms with Gasteiger partial charge in [-0.05, 0) is 63.7 Å². The van der Waals surface area contributed by atoms with Gasteiger partial charge in [-0.1, -0.05) is 36.4 Å². The molecule has 27 heavy (non-hydrogen) atoms. The highest BCUT2D eigenvalue weighted by atomic mass is 16.2. The Morgan fingerprint density at radius 3 is 2.00 bits per heavy atom. The standard InChI is InChI=1S/C22H29N3O2/c1-25(2)16-8-15-24-22(27)20-13-6-12-19(17-20)21(26)23-14-7-11-18-9-4-3-5-10-18/h3-6,9-10,12-13,17H,7-8,11,14-16H2,1-2H3,(H,23,26)(H,24,27). The Bertz CT molecular complexity index is 729. The van der Waals surface area contributed by atoms with E-state index in [9.17, 15) is 9.59 Å². The Balaban J connectivity index is 1.77. The van der Waals surface area contributed by atoms with Gasteiger partial charge in [-0.3, -0.25) is 9.59 Å². The molecule has 2 amide bonds. The quantitative estimate of drug-likeness (QED) is 0.635. The molecule has 0 spiro atoms. The number of carbonyl (C=O) groups is 2. The maximum absolute atomic E-state index is 12.3. The summed E-state index contributed by atoms with van der Waals surface area (Å²) in [7, 11) is 4.01. The molecule has 5 heteroatoms. The molecule has 5 nitrogen and oxygen atoms in total. The summed E-state index contributed by atoms with van der Waals surface area (Å²) in [5.41, 5.74) is 2.28. The first kappa shape index (κ1) is 20.6. The number of nitrogens with zero attached hydrogens (tertiary/aromatic N) is 1. The lowest BCUT2D eigenvalue weighted by Crippen LogP contribution is -2.28. The molecule has 0 fully saturated rings. The van der Waals surface area contributed by atoms with Crippen molar-refractivity contribution in [2.45, 2.75) is 19.3 Å². The van der Waals surface area contributed by atoms with Crippen molar-refractivity contribution in [3.05, 3.63) is 71.3 Å². The number of benzene rings is 2. The Morgan fingerprint density at radius 2 is 1.41 bits per heavy atom. The molecule has 0 aliphatic heterocycles. The van der Waals surface area contributed by atoms with E-state index in [0.717, 1.165) is 25.8 Å². The molecular formula is C22H29N3O2. The van der Waals surface area contributed by atoms with Crippen molar-refractivity contribution in [1.82, 2.24) is 15.5 Å². The van der Waals surface area contributed by atoms with E-state index in [4.69, 9.17) is 0 Å². The Morgan fingerprint density at radius 1 is 0.815 bits per heavy atom. The first-order chi connectivity index (χ1) is 13.1. The molecule has 0 radical (unpaired) electrons. The molecule has 2 aromatic rings. The van der Waals surface area contributed by atoms with Gasteiger partial charge < -0.3 is 15.5 Å². The monoisotopic (exact) mass is 367 g/mol. The molecule has 0 aliphatic rings. The van der Waals surface area contributed by atoms with Crippen molar-refractivity contribution in [2.75, 3.05) is 33.7 Å². The van der Waals surface area contributed by atoms with Crippen LogP contribution in [0.25, 0.3) is 0 Å².